The summed E-state index contributed by atoms with van der Waals surface area (Å²) in [6, 6.07) is 15.4. The molecule has 114 valence electrons. The zero-order valence-corrected chi connectivity index (χ0v) is 14.0. The van der Waals surface area contributed by atoms with Crippen molar-refractivity contribution in [2.24, 2.45) is 0 Å². The van der Waals surface area contributed by atoms with Crippen LogP contribution in [0, 0.1) is 11.3 Å². The number of hydrogen-bond donors (Lipinski definition) is 0. The molecule has 3 aromatic rings. The molecule has 23 heavy (non-hydrogen) atoms. The van der Waals surface area contributed by atoms with Crippen LogP contribution < -0.4 is 0 Å². The molecule has 0 aliphatic heterocycles. The third kappa shape index (κ3) is 3.19. The molecular formula is C18H13NO2S2. The summed E-state index contributed by atoms with van der Waals surface area (Å²) in [5.74, 6) is -0.306. The van der Waals surface area contributed by atoms with Gasteiger partial charge in [-0.15, -0.1) is 22.7 Å². The van der Waals surface area contributed by atoms with Crippen molar-refractivity contribution < 1.29 is 9.53 Å². The van der Waals surface area contributed by atoms with Crippen LogP contribution in [0.2, 0.25) is 0 Å². The number of rotatable bonds is 4. The topological polar surface area (TPSA) is 50.1 Å². The summed E-state index contributed by atoms with van der Waals surface area (Å²) >= 11 is 3.08. The van der Waals surface area contributed by atoms with E-state index in [1.165, 1.54) is 11.3 Å². The molecule has 1 aromatic carbocycles. The van der Waals surface area contributed by atoms with Gasteiger partial charge in [0.05, 0.1) is 18.2 Å². The van der Waals surface area contributed by atoms with E-state index in [4.69, 9.17) is 10.00 Å². The van der Waals surface area contributed by atoms with E-state index < -0.39 is 0 Å². The first-order valence-corrected chi connectivity index (χ1v) is 8.78. The molecule has 0 radical (unpaired) electrons. The Kier molecular flexibility index (Phi) is 4.56. The predicted octanol–water partition coefficient (Wildman–Crippen LogP) is 5.19. The molecule has 0 atom stereocenters. The van der Waals surface area contributed by atoms with Crippen LogP contribution in [-0.2, 0) is 4.74 Å². The number of benzene rings is 1. The van der Waals surface area contributed by atoms with E-state index in [9.17, 15) is 4.79 Å². The van der Waals surface area contributed by atoms with Crippen molar-refractivity contribution in [2.45, 2.75) is 6.92 Å². The summed E-state index contributed by atoms with van der Waals surface area (Å²) in [6.07, 6.45) is 0. The van der Waals surface area contributed by atoms with Crippen molar-refractivity contribution in [3.63, 3.8) is 0 Å². The van der Waals surface area contributed by atoms with Gasteiger partial charge >= 0.3 is 5.97 Å². The second kappa shape index (κ2) is 6.78. The van der Waals surface area contributed by atoms with Gasteiger partial charge < -0.3 is 4.74 Å². The Labute approximate surface area is 142 Å². The van der Waals surface area contributed by atoms with Crippen LogP contribution in [0.3, 0.4) is 0 Å². The number of nitriles is 1. The maximum atomic E-state index is 12.3. The lowest BCUT2D eigenvalue weighted by molar-refractivity contribution is 0.0533. The van der Waals surface area contributed by atoms with Gasteiger partial charge in [0, 0.05) is 15.3 Å². The fourth-order valence-corrected chi connectivity index (χ4v) is 4.12. The third-order valence-electron chi connectivity index (χ3n) is 3.28. The molecule has 0 unspecified atom stereocenters. The zero-order valence-electron chi connectivity index (χ0n) is 12.4. The van der Waals surface area contributed by atoms with Crippen molar-refractivity contribution in [1.82, 2.24) is 0 Å². The highest BCUT2D eigenvalue weighted by Crippen LogP contribution is 2.39. The quantitative estimate of drug-likeness (QED) is 0.614. The van der Waals surface area contributed by atoms with Crippen molar-refractivity contribution in [3.05, 3.63) is 58.3 Å². The first kappa shape index (κ1) is 15.5. The molecular weight excluding hydrogens is 326 g/mol. The molecule has 0 saturated carbocycles. The first-order chi connectivity index (χ1) is 11.2. The monoisotopic (exact) mass is 339 g/mol. The van der Waals surface area contributed by atoms with E-state index in [1.807, 2.05) is 35.7 Å². The molecule has 2 aromatic heterocycles. The van der Waals surface area contributed by atoms with E-state index in [1.54, 1.807) is 30.4 Å². The number of hydrogen-bond acceptors (Lipinski definition) is 5. The lowest BCUT2D eigenvalue weighted by Gasteiger charge is -2.03. The minimum Gasteiger partial charge on any atom is -0.462 e. The standard InChI is InChI=1S/C18H13NO2S2/c1-2-21-18(20)17-14(13-7-5-12(11-19)6-8-13)10-16(23-17)15-4-3-9-22-15/h3-10H,2H2,1H3. The number of carbonyl (C=O) groups excluding carboxylic acids is 1. The largest absolute Gasteiger partial charge is 0.462 e. The van der Waals surface area contributed by atoms with Gasteiger partial charge in [0.2, 0.25) is 0 Å². The molecule has 0 N–H and O–H groups in total. The Morgan fingerprint density at radius 1 is 1.22 bits per heavy atom. The lowest BCUT2D eigenvalue weighted by Crippen LogP contribution is -2.03. The normalized spacial score (nSPS) is 10.3. The highest BCUT2D eigenvalue weighted by molar-refractivity contribution is 7.22. The Morgan fingerprint density at radius 3 is 2.61 bits per heavy atom. The van der Waals surface area contributed by atoms with E-state index >= 15 is 0 Å². The van der Waals surface area contributed by atoms with Gasteiger partial charge in [-0.1, -0.05) is 18.2 Å². The van der Waals surface area contributed by atoms with Crippen LogP contribution in [0.25, 0.3) is 20.9 Å². The van der Waals surface area contributed by atoms with E-state index in [0.717, 1.165) is 20.9 Å². The van der Waals surface area contributed by atoms with Crippen LogP contribution in [0.15, 0.2) is 47.8 Å². The van der Waals surface area contributed by atoms with Gasteiger partial charge in [0.1, 0.15) is 4.88 Å². The number of ether oxygens (including phenoxy) is 1. The van der Waals surface area contributed by atoms with Crippen LogP contribution in [0.5, 0.6) is 0 Å². The van der Waals surface area contributed by atoms with Crippen molar-refractivity contribution in [1.29, 1.82) is 5.26 Å². The summed E-state index contributed by atoms with van der Waals surface area (Å²) in [5.41, 5.74) is 2.35. The average molecular weight is 339 g/mol. The minimum atomic E-state index is -0.306. The number of esters is 1. The average Bonchev–Trinajstić information content (AvgIpc) is 3.24. The molecule has 0 amide bonds. The van der Waals surface area contributed by atoms with Crippen LogP contribution >= 0.6 is 22.7 Å². The second-order valence-corrected chi connectivity index (χ2v) is 6.74. The maximum absolute atomic E-state index is 12.3. The summed E-state index contributed by atoms with van der Waals surface area (Å²) in [4.78, 5) is 15.1. The van der Waals surface area contributed by atoms with Crippen molar-refractivity contribution in [3.8, 4) is 27.0 Å². The molecule has 3 rings (SSSR count). The maximum Gasteiger partial charge on any atom is 0.348 e. The Balaban J connectivity index is 2.09. The Hall–Kier alpha value is -2.42. The van der Waals surface area contributed by atoms with Crippen LogP contribution in [0.1, 0.15) is 22.2 Å². The Bertz CT molecular complexity index is 856. The molecule has 5 heteroatoms. The summed E-state index contributed by atoms with van der Waals surface area (Å²) in [6.45, 7) is 2.14. The molecule has 0 aliphatic rings. The highest BCUT2D eigenvalue weighted by Gasteiger charge is 2.19. The van der Waals surface area contributed by atoms with Gasteiger partial charge in [0.25, 0.3) is 0 Å². The van der Waals surface area contributed by atoms with Crippen molar-refractivity contribution >= 4 is 28.6 Å². The van der Waals surface area contributed by atoms with Gasteiger partial charge in [-0.05, 0) is 42.1 Å². The number of carbonyl (C=O) groups is 1. The minimum absolute atomic E-state index is 0.306. The zero-order chi connectivity index (χ0) is 16.2. The predicted molar refractivity (Wildman–Crippen MR) is 93.7 cm³/mol. The van der Waals surface area contributed by atoms with Gasteiger partial charge in [-0.3, -0.25) is 0 Å². The van der Waals surface area contributed by atoms with Gasteiger partial charge in [0.15, 0.2) is 0 Å². The van der Waals surface area contributed by atoms with Crippen LogP contribution in [-0.4, -0.2) is 12.6 Å². The number of thiophene rings is 2. The fraction of sp³-hybridized carbons (Fsp3) is 0.111. The summed E-state index contributed by atoms with van der Waals surface area (Å²) in [7, 11) is 0. The molecule has 0 aliphatic carbocycles. The van der Waals surface area contributed by atoms with Gasteiger partial charge in [-0.25, -0.2) is 4.79 Å². The molecule has 3 nitrogen and oxygen atoms in total. The Morgan fingerprint density at radius 2 is 2.00 bits per heavy atom. The first-order valence-electron chi connectivity index (χ1n) is 7.08. The smallest absolute Gasteiger partial charge is 0.348 e. The molecule has 2 heterocycles. The summed E-state index contributed by atoms with van der Waals surface area (Å²) in [5, 5.41) is 10.9. The van der Waals surface area contributed by atoms with E-state index in [0.29, 0.717) is 17.0 Å². The van der Waals surface area contributed by atoms with Gasteiger partial charge in [-0.2, -0.15) is 5.26 Å². The molecule has 0 fully saturated rings. The van der Waals surface area contributed by atoms with E-state index in [-0.39, 0.29) is 5.97 Å². The fourth-order valence-electron chi connectivity index (χ4n) is 2.22. The highest BCUT2D eigenvalue weighted by atomic mass is 32.1. The number of nitrogens with zero attached hydrogens (tertiary/aromatic N) is 1. The van der Waals surface area contributed by atoms with Crippen molar-refractivity contribution in [2.75, 3.05) is 6.61 Å². The van der Waals surface area contributed by atoms with E-state index in [2.05, 4.69) is 6.07 Å². The summed E-state index contributed by atoms with van der Waals surface area (Å²) < 4.78 is 5.19. The second-order valence-electron chi connectivity index (χ2n) is 4.74. The third-order valence-corrected chi connectivity index (χ3v) is 5.46. The molecule has 0 spiro atoms. The van der Waals surface area contributed by atoms with Crippen LogP contribution in [0.4, 0.5) is 0 Å². The SMILES string of the molecule is CCOC(=O)c1sc(-c2cccs2)cc1-c1ccc(C#N)cc1. The lowest BCUT2D eigenvalue weighted by atomic mass is 10.0. The molecule has 0 bridgehead atoms. The molecule has 0 saturated heterocycles.